The standard InChI is InChI=1S/C12H11Cl2FN2S/c13-8-2-1-3-9(15)12(8)10(17-16)6-7-4-5-11(14)18-7/h1-5,10,17H,6,16H2. The molecule has 1 unspecified atom stereocenters. The second-order valence-electron chi connectivity index (χ2n) is 3.76. The Bertz CT molecular complexity index is 524. The monoisotopic (exact) mass is 304 g/mol. The average molecular weight is 305 g/mol. The molecule has 0 bridgehead atoms. The molecule has 0 radical (unpaired) electrons. The van der Waals surface area contributed by atoms with Crippen LogP contribution in [0.15, 0.2) is 30.3 Å². The van der Waals surface area contributed by atoms with Crippen molar-refractivity contribution in [3.8, 4) is 0 Å². The number of hydrazine groups is 1. The topological polar surface area (TPSA) is 38.0 Å². The number of hydrogen-bond acceptors (Lipinski definition) is 3. The zero-order valence-corrected chi connectivity index (χ0v) is 11.6. The molecule has 1 atom stereocenters. The first kappa shape index (κ1) is 13.8. The number of rotatable bonds is 4. The Balaban J connectivity index is 2.28. The van der Waals surface area contributed by atoms with Gasteiger partial charge in [0.05, 0.1) is 10.4 Å². The van der Waals surface area contributed by atoms with Crippen LogP contribution in [0.3, 0.4) is 0 Å². The summed E-state index contributed by atoms with van der Waals surface area (Å²) < 4.78 is 14.5. The van der Waals surface area contributed by atoms with Crippen LogP contribution in [-0.2, 0) is 6.42 Å². The fourth-order valence-electron chi connectivity index (χ4n) is 1.75. The van der Waals surface area contributed by atoms with E-state index in [1.165, 1.54) is 17.4 Å². The summed E-state index contributed by atoms with van der Waals surface area (Å²) in [5.41, 5.74) is 2.98. The normalized spacial score (nSPS) is 12.7. The lowest BCUT2D eigenvalue weighted by atomic mass is 10.0. The van der Waals surface area contributed by atoms with Gasteiger partial charge in [0.2, 0.25) is 0 Å². The minimum absolute atomic E-state index is 0.362. The molecule has 18 heavy (non-hydrogen) atoms. The summed E-state index contributed by atoms with van der Waals surface area (Å²) >= 11 is 13.3. The van der Waals surface area contributed by atoms with Gasteiger partial charge in [0.15, 0.2) is 0 Å². The molecule has 96 valence electrons. The Labute approximate surface area is 118 Å². The van der Waals surface area contributed by atoms with Crippen LogP contribution in [0, 0.1) is 5.82 Å². The first-order valence-corrected chi connectivity index (χ1v) is 6.83. The van der Waals surface area contributed by atoms with Gasteiger partial charge in [0.1, 0.15) is 5.82 Å². The number of halogens is 3. The van der Waals surface area contributed by atoms with Crippen molar-refractivity contribution in [2.45, 2.75) is 12.5 Å². The highest BCUT2D eigenvalue weighted by Crippen LogP contribution is 2.30. The van der Waals surface area contributed by atoms with Crippen molar-refractivity contribution in [3.05, 3.63) is 55.9 Å². The van der Waals surface area contributed by atoms with Crippen molar-refractivity contribution >= 4 is 34.5 Å². The molecule has 0 spiro atoms. The Morgan fingerprint density at radius 2 is 2.06 bits per heavy atom. The van der Waals surface area contributed by atoms with Gasteiger partial charge in [0.25, 0.3) is 0 Å². The predicted octanol–water partition coefficient (Wildman–Crippen LogP) is 3.94. The van der Waals surface area contributed by atoms with Gasteiger partial charge in [-0.3, -0.25) is 11.3 Å². The molecule has 1 aromatic carbocycles. The highest BCUT2D eigenvalue weighted by Gasteiger charge is 2.19. The molecule has 0 fully saturated rings. The molecule has 2 rings (SSSR count). The Kier molecular flexibility index (Phi) is 4.59. The van der Waals surface area contributed by atoms with Crippen molar-refractivity contribution in [2.75, 3.05) is 0 Å². The Morgan fingerprint density at radius 1 is 1.28 bits per heavy atom. The van der Waals surface area contributed by atoms with Gasteiger partial charge in [0, 0.05) is 21.9 Å². The van der Waals surface area contributed by atoms with Gasteiger partial charge in [-0.1, -0.05) is 29.3 Å². The van der Waals surface area contributed by atoms with Crippen molar-refractivity contribution in [3.63, 3.8) is 0 Å². The first-order valence-electron chi connectivity index (χ1n) is 5.26. The quantitative estimate of drug-likeness (QED) is 0.663. The van der Waals surface area contributed by atoms with Crippen molar-refractivity contribution in [1.82, 2.24) is 5.43 Å². The minimum atomic E-state index is -0.381. The zero-order valence-electron chi connectivity index (χ0n) is 9.29. The second kappa shape index (κ2) is 5.99. The highest BCUT2D eigenvalue weighted by atomic mass is 35.5. The number of hydrogen-bond donors (Lipinski definition) is 2. The third-order valence-corrected chi connectivity index (χ3v) is 4.17. The fourth-order valence-corrected chi connectivity index (χ4v) is 3.18. The molecule has 0 amide bonds. The van der Waals surface area contributed by atoms with Crippen molar-refractivity contribution in [1.29, 1.82) is 0 Å². The second-order valence-corrected chi connectivity index (χ2v) is 5.97. The summed E-state index contributed by atoms with van der Waals surface area (Å²) in [4.78, 5) is 1.02. The summed E-state index contributed by atoms with van der Waals surface area (Å²) in [6.07, 6.45) is 0.536. The van der Waals surface area contributed by atoms with E-state index >= 15 is 0 Å². The van der Waals surface area contributed by atoms with Gasteiger partial charge in [-0.25, -0.2) is 4.39 Å². The number of benzene rings is 1. The average Bonchev–Trinajstić information content (AvgIpc) is 2.73. The maximum absolute atomic E-state index is 13.8. The molecular weight excluding hydrogens is 294 g/mol. The fraction of sp³-hybridized carbons (Fsp3) is 0.167. The van der Waals surface area contributed by atoms with E-state index in [9.17, 15) is 4.39 Å². The Hall–Kier alpha value is -0.650. The molecule has 2 nitrogen and oxygen atoms in total. The lowest BCUT2D eigenvalue weighted by molar-refractivity contribution is 0.513. The maximum atomic E-state index is 13.8. The molecule has 0 saturated heterocycles. The molecule has 2 aromatic rings. The molecule has 3 N–H and O–H groups in total. The summed E-state index contributed by atoms with van der Waals surface area (Å²) in [6, 6.07) is 7.90. The van der Waals surface area contributed by atoms with E-state index < -0.39 is 0 Å². The van der Waals surface area contributed by atoms with Crippen LogP contribution in [0.25, 0.3) is 0 Å². The molecule has 1 aromatic heterocycles. The zero-order chi connectivity index (χ0) is 13.1. The summed E-state index contributed by atoms with van der Waals surface area (Å²) in [5.74, 6) is 5.13. The predicted molar refractivity (Wildman–Crippen MR) is 74.5 cm³/mol. The van der Waals surface area contributed by atoms with Crippen molar-refractivity contribution in [2.24, 2.45) is 5.84 Å². The molecular formula is C12H11Cl2FN2S. The van der Waals surface area contributed by atoms with E-state index in [2.05, 4.69) is 5.43 Å². The van der Waals surface area contributed by atoms with Gasteiger partial charge in [-0.15, -0.1) is 11.3 Å². The smallest absolute Gasteiger partial charge is 0.129 e. The summed E-state index contributed by atoms with van der Waals surface area (Å²) in [7, 11) is 0. The van der Waals surface area contributed by atoms with Crippen LogP contribution in [0.5, 0.6) is 0 Å². The molecule has 0 aliphatic carbocycles. The third-order valence-electron chi connectivity index (χ3n) is 2.58. The number of nitrogens with one attached hydrogen (secondary N) is 1. The molecule has 1 heterocycles. The van der Waals surface area contributed by atoms with Crippen LogP contribution in [0.4, 0.5) is 4.39 Å². The number of thiophene rings is 1. The summed E-state index contributed by atoms with van der Waals surface area (Å²) in [6.45, 7) is 0. The van der Waals surface area contributed by atoms with Crippen LogP contribution < -0.4 is 11.3 Å². The molecule has 0 aliphatic heterocycles. The summed E-state index contributed by atoms with van der Waals surface area (Å²) in [5, 5.41) is 0.362. The van der Waals surface area contributed by atoms with Crippen LogP contribution >= 0.6 is 34.5 Å². The van der Waals surface area contributed by atoms with E-state index in [0.29, 0.717) is 21.3 Å². The molecule has 6 heteroatoms. The number of nitrogens with two attached hydrogens (primary N) is 1. The van der Waals surface area contributed by atoms with Crippen LogP contribution in [-0.4, -0.2) is 0 Å². The highest BCUT2D eigenvalue weighted by molar-refractivity contribution is 7.16. The van der Waals surface area contributed by atoms with Gasteiger partial charge in [-0.05, 0) is 24.3 Å². The van der Waals surface area contributed by atoms with Gasteiger partial charge in [-0.2, -0.15) is 0 Å². The van der Waals surface area contributed by atoms with E-state index in [-0.39, 0.29) is 11.9 Å². The SMILES string of the molecule is NNC(Cc1ccc(Cl)s1)c1c(F)cccc1Cl. The maximum Gasteiger partial charge on any atom is 0.129 e. The largest absolute Gasteiger partial charge is 0.271 e. The van der Waals surface area contributed by atoms with Crippen molar-refractivity contribution < 1.29 is 4.39 Å². The lowest BCUT2D eigenvalue weighted by Crippen LogP contribution is -2.30. The lowest BCUT2D eigenvalue weighted by Gasteiger charge is -2.17. The third kappa shape index (κ3) is 3.02. The van der Waals surface area contributed by atoms with Crippen LogP contribution in [0.1, 0.15) is 16.5 Å². The molecule has 0 saturated carbocycles. The van der Waals surface area contributed by atoms with E-state index in [0.717, 1.165) is 4.88 Å². The van der Waals surface area contributed by atoms with Gasteiger partial charge < -0.3 is 0 Å². The van der Waals surface area contributed by atoms with E-state index in [1.54, 1.807) is 18.2 Å². The molecule has 0 aliphatic rings. The van der Waals surface area contributed by atoms with E-state index in [4.69, 9.17) is 29.0 Å². The minimum Gasteiger partial charge on any atom is -0.271 e. The first-order chi connectivity index (χ1) is 8.61. The van der Waals surface area contributed by atoms with Gasteiger partial charge >= 0.3 is 0 Å². The van der Waals surface area contributed by atoms with E-state index in [1.807, 2.05) is 6.07 Å². The Morgan fingerprint density at radius 3 is 2.61 bits per heavy atom. The van der Waals surface area contributed by atoms with Crippen LogP contribution in [0.2, 0.25) is 9.36 Å².